The predicted molar refractivity (Wildman–Crippen MR) is 120 cm³/mol. The molecule has 0 spiro atoms. The van der Waals surface area contributed by atoms with Gasteiger partial charge in [0, 0.05) is 23.5 Å². The molecule has 5 heteroatoms. The number of rotatable bonds is 6. The van der Waals surface area contributed by atoms with Gasteiger partial charge in [0.05, 0.1) is 24.1 Å². The van der Waals surface area contributed by atoms with E-state index in [1.54, 1.807) is 0 Å². The molecule has 0 aliphatic rings. The number of imidazole rings is 1. The molecule has 0 bridgehead atoms. The fraction of sp³-hybridized carbons (Fsp3) is 0.280. The summed E-state index contributed by atoms with van der Waals surface area (Å²) in [5.74, 6) is 1.55. The van der Waals surface area contributed by atoms with E-state index in [0.717, 1.165) is 39.3 Å². The molecule has 3 heterocycles. The van der Waals surface area contributed by atoms with Gasteiger partial charge in [0.15, 0.2) is 0 Å². The summed E-state index contributed by atoms with van der Waals surface area (Å²) in [6, 6.07) is 14.4. The number of fused-ring (bicyclic) bond motifs is 1. The van der Waals surface area contributed by atoms with E-state index in [0.29, 0.717) is 5.88 Å². The first kappa shape index (κ1) is 20.0. The Labute approximate surface area is 177 Å². The third-order valence-electron chi connectivity index (χ3n) is 4.74. The highest BCUT2D eigenvalue weighted by Gasteiger charge is 2.11. The molecule has 0 N–H and O–H groups in total. The number of hydrogen-bond donors (Lipinski definition) is 0. The maximum absolute atomic E-state index is 5.77. The average molecular weight is 402 g/mol. The molecule has 0 saturated heterocycles. The molecule has 1 aromatic carbocycles. The minimum absolute atomic E-state index is 0.0951. The first-order valence-electron chi connectivity index (χ1n) is 10.3. The van der Waals surface area contributed by atoms with Crippen molar-refractivity contribution < 1.29 is 9.47 Å². The summed E-state index contributed by atoms with van der Waals surface area (Å²) in [7, 11) is 0. The van der Waals surface area contributed by atoms with E-state index < -0.39 is 0 Å². The number of hydrogen-bond acceptors (Lipinski definition) is 4. The summed E-state index contributed by atoms with van der Waals surface area (Å²) in [5.41, 5.74) is 6.15. The lowest BCUT2D eigenvalue weighted by atomic mass is 10.1. The van der Waals surface area contributed by atoms with Crippen LogP contribution in [0.2, 0.25) is 0 Å². The SMILES string of the molecule is Cc1cc(-c2cnc3ccc(-c4ccc(OC(C)C)cc4)cn23)cnc1OC(C)C. The van der Waals surface area contributed by atoms with Crippen LogP contribution in [-0.2, 0) is 0 Å². The topological polar surface area (TPSA) is 48.7 Å². The largest absolute Gasteiger partial charge is 0.491 e. The van der Waals surface area contributed by atoms with Gasteiger partial charge in [0.2, 0.25) is 5.88 Å². The number of pyridine rings is 2. The zero-order chi connectivity index (χ0) is 21.3. The van der Waals surface area contributed by atoms with Crippen LogP contribution < -0.4 is 9.47 Å². The molecule has 154 valence electrons. The van der Waals surface area contributed by atoms with Gasteiger partial charge < -0.3 is 9.47 Å². The second kappa shape index (κ2) is 8.19. The Kier molecular flexibility index (Phi) is 5.44. The van der Waals surface area contributed by atoms with Gasteiger partial charge in [-0.25, -0.2) is 9.97 Å². The molecule has 0 unspecified atom stereocenters. The zero-order valence-electron chi connectivity index (χ0n) is 18.1. The number of aryl methyl sites for hydroxylation is 1. The average Bonchev–Trinajstić information content (AvgIpc) is 3.12. The van der Waals surface area contributed by atoms with E-state index in [1.165, 1.54) is 0 Å². The Bertz CT molecular complexity index is 1160. The van der Waals surface area contributed by atoms with Crippen molar-refractivity contribution in [1.82, 2.24) is 14.4 Å². The van der Waals surface area contributed by atoms with E-state index in [9.17, 15) is 0 Å². The molecule has 0 aliphatic carbocycles. The standard InChI is InChI=1S/C25H27N3O2/c1-16(2)29-22-9-6-19(7-10-22)20-8-11-24-26-14-23(28(24)15-20)21-12-18(5)25(27-13-21)30-17(3)4/h6-17H,1-5H3. The van der Waals surface area contributed by atoms with Crippen LogP contribution in [0.15, 0.2) is 61.1 Å². The molecule has 4 aromatic rings. The Morgan fingerprint density at radius 2 is 1.47 bits per heavy atom. The van der Waals surface area contributed by atoms with Crippen molar-refractivity contribution >= 4 is 5.65 Å². The molecular weight excluding hydrogens is 374 g/mol. The number of aromatic nitrogens is 3. The van der Waals surface area contributed by atoms with Crippen molar-refractivity contribution in [1.29, 1.82) is 0 Å². The Hall–Kier alpha value is -3.34. The summed E-state index contributed by atoms with van der Waals surface area (Å²) in [4.78, 5) is 9.08. The second-order valence-corrected chi connectivity index (χ2v) is 7.99. The summed E-state index contributed by atoms with van der Waals surface area (Å²) < 4.78 is 13.6. The van der Waals surface area contributed by atoms with Crippen molar-refractivity contribution in [3.8, 4) is 34.0 Å². The maximum atomic E-state index is 5.77. The third-order valence-corrected chi connectivity index (χ3v) is 4.74. The molecule has 0 fully saturated rings. The van der Waals surface area contributed by atoms with Gasteiger partial charge in [0.25, 0.3) is 0 Å². The molecule has 30 heavy (non-hydrogen) atoms. The molecule has 0 radical (unpaired) electrons. The molecular formula is C25H27N3O2. The van der Waals surface area contributed by atoms with Gasteiger partial charge in [-0.05, 0) is 76.1 Å². The number of nitrogens with zero attached hydrogens (tertiary/aromatic N) is 3. The van der Waals surface area contributed by atoms with Crippen LogP contribution in [0.25, 0.3) is 28.0 Å². The van der Waals surface area contributed by atoms with Crippen molar-refractivity contribution in [2.75, 3.05) is 0 Å². The fourth-order valence-corrected chi connectivity index (χ4v) is 3.41. The van der Waals surface area contributed by atoms with Crippen LogP contribution in [0, 0.1) is 6.92 Å². The van der Waals surface area contributed by atoms with Gasteiger partial charge in [-0.1, -0.05) is 12.1 Å². The third kappa shape index (κ3) is 4.15. The van der Waals surface area contributed by atoms with Gasteiger partial charge in [0.1, 0.15) is 11.4 Å². The van der Waals surface area contributed by atoms with E-state index in [1.807, 2.05) is 65.2 Å². The van der Waals surface area contributed by atoms with Gasteiger partial charge in [-0.15, -0.1) is 0 Å². The predicted octanol–water partition coefficient (Wildman–Crippen LogP) is 5.95. The van der Waals surface area contributed by atoms with Gasteiger partial charge >= 0.3 is 0 Å². The Balaban J connectivity index is 1.69. The normalized spacial score (nSPS) is 11.4. The first-order valence-corrected chi connectivity index (χ1v) is 10.3. The first-order chi connectivity index (χ1) is 14.4. The zero-order valence-corrected chi connectivity index (χ0v) is 18.1. The fourth-order valence-electron chi connectivity index (χ4n) is 3.41. The van der Waals surface area contributed by atoms with E-state index in [2.05, 4.69) is 44.8 Å². The Morgan fingerprint density at radius 3 is 2.13 bits per heavy atom. The minimum Gasteiger partial charge on any atom is -0.491 e. The van der Waals surface area contributed by atoms with Crippen LogP contribution in [0.1, 0.15) is 33.3 Å². The molecule has 0 saturated carbocycles. The van der Waals surface area contributed by atoms with Crippen molar-refractivity contribution in [3.63, 3.8) is 0 Å². The number of benzene rings is 1. The van der Waals surface area contributed by atoms with Crippen molar-refractivity contribution in [2.24, 2.45) is 0 Å². The van der Waals surface area contributed by atoms with Crippen molar-refractivity contribution in [2.45, 2.75) is 46.8 Å². The van der Waals surface area contributed by atoms with Crippen LogP contribution in [0.5, 0.6) is 11.6 Å². The smallest absolute Gasteiger partial charge is 0.216 e. The quantitative estimate of drug-likeness (QED) is 0.401. The van der Waals surface area contributed by atoms with E-state index in [-0.39, 0.29) is 12.2 Å². The minimum atomic E-state index is 0.0951. The van der Waals surface area contributed by atoms with E-state index >= 15 is 0 Å². The van der Waals surface area contributed by atoms with Gasteiger partial charge in [-0.3, -0.25) is 4.40 Å². The lowest BCUT2D eigenvalue weighted by molar-refractivity contribution is 0.231. The highest BCUT2D eigenvalue weighted by atomic mass is 16.5. The summed E-state index contributed by atoms with van der Waals surface area (Å²) >= 11 is 0. The van der Waals surface area contributed by atoms with Crippen LogP contribution in [-0.4, -0.2) is 26.6 Å². The highest BCUT2D eigenvalue weighted by Crippen LogP contribution is 2.28. The summed E-state index contributed by atoms with van der Waals surface area (Å²) in [6.45, 7) is 10.1. The lowest BCUT2D eigenvalue weighted by Crippen LogP contribution is -2.08. The Morgan fingerprint density at radius 1 is 0.767 bits per heavy atom. The molecule has 0 atom stereocenters. The van der Waals surface area contributed by atoms with Crippen LogP contribution >= 0.6 is 0 Å². The molecule has 3 aromatic heterocycles. The van der Waals surface area contributed by atoms with Crippen LogP contribution in [0.4, 0.5) is 0 Å². The maximum Gasteiger partial charge on any atom is 0.216 e. The van der Waals surface area contributed by atoms with Gasteiger partial charge in [-0.2, -0.15) is 0 Å². The molecule has 4 rings (SSSR count). The summed E-state index contributed by atoms with van der Waals surface area (Å²) in [5, 5.41) is 0. The monoisotopic (exact) mass is 401 g/mol. The lowest BCUT2D eigenvalue weighted by Gasteiger charge is -2.12. The molecule has 0 aliphatic heterocycles. The van der Waals surface area contributed by atoms with Crippen LogP contribution in [0.3, 0.4) is 0 Å². The second-order valence-electron chi connectivity index (χ2n) is 7.99. The van der Waals surface area contributed by atoms with E-state index in [4.69, 9.17) is 9.47 Å². The molecule has 0 amide bonds. The summed E-state index contributed by atoms with van der Waals surface area (Å²) in [6.07, 6.45) is 6.11. The highest BCUT2D eigenvalue weighted by molar-refractivity contribution is 5.69. The van der Waals surface area contributed by atoms with Crippen molar-refractivity contribution in [3.05, 3.63) is 66.6 Å². The number of ether oxygens (including phenoxy) is 2. The molecule has 5 nitrogen and oxygen atoms in total.